The van der Waals surface area contributed by atoms with Crippen LogP contribution in [-0.4, -0.2) is 37.1 Å². The van der Waals surface area contributed by atoms with E-state index in [0.29, 0.717) is 0 Å². The van der Waals surface area contributed by atoms with Gasteiger partial charge in [0.05, 0.1) is 18.5 Å². The molecule has 0 spiro atoms. The second-order valence-electron chi connectivity index (χ2n) is 9.30. The Kier molecular flexibility index (Phi) is 5.41. The number of hydrogen-bond acceptors (Lipinski definition) is 5. The molecule has 7 heteroatoms. The highest BCUT2D eigenvalue weighted by Gasteiger charge is 2.19. The molecular formula is C32H23N6O. The zero-order valence-corrected chi connectivity index (χ0v) is 21.4. The van der Waals surface area contributed by atoms with Crippen LogP contribution in [0.3, 0.4) is 0 Å². The van der Waals surface area contributed by atoms with Crippen molar-refractivity contribution in [2.45, 2.75) is 6.92 Å². The van der Waals surface area contributed by atoms with Crippen LogP contribution in [0.5, 0.6) is 5.75 Å². The van der Waals surface area contributed by atoms with Crippen LogP contribution >= 0.6 is 0 Å². The van der Waals surface area contributed by atoms with Crippen molar-refractivity contribution in [3.63, 3.8) is 0 Å². The Bertz CT molecular complexity index is 1940. The van der Waals surface area contributed by atoms with Crippen LogP contribution in [0.25, 0.3) is 55.7 Å². The van der Waals surface area contributed by atoms with E-state index < -0.39 is 0 Å². The number of fused-ring (bicyclic) bond motifs is 2. The van der Waals surface area contributed by atoms with Gasteiger partial charge < -0.3 is 4.74 Å². The minimum Gasteiger partial charge on any atom is -0.497 e. The van der Waals surface area contributed by atoms with E-state index in [-0.39, 0.29) is 0 Å². The van der Waals surface area contributed by atoms with Crippen LogP contribution in [0.2, 0.25) is 0 Å². The van der Waals surface area contributed by atoms with Crippen LogP contribution in [-0.2, 0) is 0 Å². The second kappa shape index (κ2) is 9.22. The van der Waals surface area contributed by atoms with Crippen LogP contribution in [0.4, 0.5) is 0 Å². The van der Waals surface area contributed by atoms with Crippen molar-refractivity contribution in [1.29, 1.82) is 0 Å². The van der Waals surface area contributed by atoms with Crippen molar-refractivity contribution in [2.24, 2.45) is 0 Å². The average Bonchev–Trinajstić information content (AvgIpc) is 3.61. The predicted molar refractivity (Wildman–Crippen MR) is 152 cm³/mol. The maximum absolute atomic E-state index is 5.34. The number of methoxy groups -OCH3 is 1. The molecular weight excluding hydrogens is 484 g/mol. The number of rotatable bonds is 5. The van der Waals surface area contributed by atoms with Gasteiger partial charge in [-0.05, 0) is 77.7 Å². The summed E-state index contributed by atoms with van der Waals surface area (Å²) in [5.74, 6) is 0.752. The van der Waals surface area contributed by atoms with Gasteiger partial charge in [0.1, 0.15) is 27.8 Å². The highest BCUT2D eigenvalue weighted by molar-refractivity contribution is 5.90. The molecule has 0 amide bonds. The molecule has 7 aromatic rings. The zero-order valence-electron chi connectivity index (χ0n) is 21.4. The van der Waals surface area contributed by atoms with E-state index in [0.717, 1.165) is 67.0 Å². The van der Waals surface area contributed by atoms with Crippen molar-refractivity contribution in [3.8, 4) is 39.4 Å². The zero-order chi connectivity index (χ0) is 26.3. The lowest BCUT2D eigenvalue weighted by Crippen LogP contribution is -2.04. The molecule has 187 valence electrons. The van der Waals surface area contributed by atoms with Crippen LogP contribution in [0.1, 0.15) is 5.56 Å². The van der Waals surface area contributed by atoms with Gasteiger partial charge in [0, 0.05) is 11.6 Å². The summed E-state index contributed by atoms with van der Waals surface area (Å²) in [4.78, 5) is 3.39. The first-order chi connectivity index (χ1) is 19.2. The summed E-state index contributed by atoms with van der Waals surface area (Å²) in [5.41, 5.74) is 10.2. The molecule has 0 unspecified atom stereocenters. The Morgan fingerprint density at radius 3 is 2.10 bits per heavy atom. The number of aryl methyl sites for hydroxylation is 1. The number of nitrogens with zero attached hydrogens (tertiary/aromatic N) is 6. The molecule has 0 N–H and O–H groups in total. The van der Waals surface area contributed by atoms with Gasteiger partial charge in [-0.3, -0.25) is 0 Å². The molecule has 2 aromatic heterocycles. The first-order valence-electron chi connectivity index (χ1n) is 12.6. The first-order valence-corrected chi connectivity index (χ1v) is 12.6. The van der Waals surface area contributed by atoms with Gasteiger partial charge in [0.25, 0.3) is 0 Å². The van der Waals surface area contributed by atoms with E-state index in [4.69, 9.17) is 14.9 Å². The van der Waals surface area contributed by atoms with Gasteiger partial charge in [-0.25, -0.2) is 0 Å². The van der Waals surface area contributed by atoms with Gasteiger partial charge in [-0.15, -0.1) is 25.2 Å². The van der Waals surface area contributed by atoms with E-state index in [1.54, 1.807) is 16.7 Å². The molecule has 5 aromatic carbocycles. The van der Waals surface area contributed by atoms with Gasteiger partial charge in [-0.2, -0.15) is 4.80 Å². The normalized spacial score (nSPS) is 11.3. The monoisotopic (exact) mass is 507 g/mol. The van der Waals surface area contributed by atoms with Crippen molar-refractivity contribution in [3.05, 3.63) is 115 Å². The molecule has 0 fully saturated rings. The Morgan fingerprint density at radius 1 is 0.667 bits per heavy atom. The molecule has 2 heterocycles. The number of hydrogen-bond donors (Lipinski definition) is 0. The topological polar surface area (TPSA) is 70.7 Å². The molecule has 7 nitrogen and oxygen atoms in total. The third-order valence-corrected chi connectivity index (χ3v) is 6.84. The largest absolute Gasteiger partial charge is 0.497 e. The summed E-state index contributed by atoms with van der Waals surface area (Å²) in [6.45, 7) is 2.10. The van der Waals surface area contributed by atoms with Crippen molar-refractivity contribution < 1.29 is 4.74 Å². The average molecular weight is 508 g/mol. The fourth-order valence-electron chi connectivity index (χ4n) is 4.92. The lowest BCUT2D eigenvalue weighted by Gasteiger charge is -2.17. The van der Waals surface area contributed by atoms with Gasteiger partial charge in [-0.1, -0.05) is 54.6 Å². The highest BCUT2D eigenvalue weighted by atomic mass is 16.5. The van der Waals surface area contributed by atoms with Crippen molar-refractivity contribution in [2.75, 3.05) is 7.11 Å². The molecule has 7 rings (SSSR count). The second-order valence-corrected chi connectivity index (χ2v) is 9.30. The SMILES string of the molecule is COc1ccc2nn(-c3ccc(-c4c(-c5ccccc5)[c]ccc4-n4nc5ccccc5n4)c(C)c3)nc2c1. The molecule has 0 atom stereocenters. The molecule has 0 aliphatic carbocycles. The quantitative estimate of drug-likeness (QED) is 0.262. The van der Waals surface area contributed by atoms with Crippen LogP contribution in [0.15, 0.2) is 103 Å². The molecule has 0 aliphatic heterocycles. The fraction of sp³-hybridized carbons (Fsp3) is 0.0625. The smallest absolute Gasteiger partial charge is 0.121 e. The molecule has 0 bridgehead atoms. The van der Waals surface area contributed by atoms with Crippen LogP contribution in [0, 0.1) is 13.0 Å². The van der Waals surface area contributed by atoms with Crippen LogP contribution < -0.4 is 4.74 Å². The summed E-state index contributed by atoms with van der Waals surface area (Å²) in [6.07, 6.45) is 0. The maximum Gasteiger partial charge on any atom is 0.121 e. The molecule has 0 saturated carbocycles. The van der Waals surface area contributed by atoms with Crippen molar-refractivity contribution in [1.82, 2.24) is 30.0 Å². The van der Waals surface area contributed by atoms with E-state index >= 15 is 0 Å². The minimum atomic E-state index is 0.752. The van der Waals surface area contributed by atoms with E-state index in [2.05, 4.69) is 47.5 Å². The fourth-order valence-corrected chi connectivity index (χ4v) is 4.92. The lowest BCUT2D eigenvalue weighted by molar-refractivity contribution is 0.415. The van der Waals surface area contributed by atoms with E-state index in [1.807, 2.05) is 78.9 Å². The van der Waals surface area contributed by atoms with E-state index in [9.17, 15) is 0 Å². The van der Waals surface area contributed by atoms with Gasteiger partial charge in [0.2, 0.25) is 0 Å². The Hall–Kier alpha value is -5.30. The van der Waals surface area contributed by atoms with Crippen molar-refractivity contribution >= 4 is 22.1 Å². The summed E-state index contributed by atoms with van der Waals surface area (Å²) in [6, 6.07) is 37.6. The third kappa shape index (κ3) is 4.01. The standard InChI is InChI=1S/C32H23N6O/c1-21-19-23(37-33-29-18-16-24(39-2)20-30(29)36-37)15-17-25(21)32-26(22-9-4-3-5-10-22)11-8-14-31(32)38-34-27-12-6-7-13-28(27)35-38/h3-10,12-20H,1-2H3. The summed E-state index contributed by atoms with van der Waals surface area (Å²) in [5, 5.41) is 18.9. The number of ether oxygens (including phenoxy) is 1. The Labute approximate surface area is 224 Å². The van der Waals surface area contributed by atoms with Gasteiger partial charge >= 0.3 is 0 Å². The Balaban J connectivity index is 1.40. The summed E-state index contributed by atoms with van der Waals surface area (Å²) >= 11 is 0. The number of benzene rings is 5. The maximum atomic E-state index is 5.34. The lowest BCUT2D eigenvalue weighted by atomic mass is 9.90. The van der Waals surface area contributed by atoms with E-state index in [1.165, 1.54) is 0 Å². The predicted octanol–water partition coefficient (Wildman–Crippen LogP) is 6.61. The number of aromatic nitrogens is 6. The molecule has 39 heavy (non-hydrogen) atoms. The van der Waals surface area contributed by atoms with Gasteiger partial charge in [0.15, 0.2) is 0 Å². The minimum absolute atomic E-state index is 0.752. The highest BCUT2D eigenvalue weighted by Crippen LogP contribution is 2.38. The Morgan fingerprint density at radius 2 is 1.36 bits per heavy atom. The molecule has 0 aliphatic rings. The summed E-state index contributed by atoms with van der Waals surface area (Å²) < 4.78 is 5.34. The molecule has 0 saturated heterocycles. The summed E-state index contributed by atoms with van der Waals surface area (Å²) in [7, 11) is 1.65. The first kappa shape index (κ1) is 22.9. The molecule has 1 radical (unpaired) electrons. The third-order valence-electron chi connectivity index (χ3n) is 6.84.